The molecule has 0 bridgehead atoms. The highest BCUT2D eigenvalue weighted by molar-refractivity contribution is 7.89. The number of hydrogen-bond donors (Lipinski definition) is 1. The number of nitrogens with zero attached hydrogens (tertiary/aromatic N) is 1. The zero-order chi connectivity index (χ0) is 13.3. The van der Waals surface area contributed by atoms with Crippen molar-refractivity contribution in [3.63, 3.8) is 0 Å². The summed E-state index contributed by atoms with van der Waals surface area (Å²) >= 11 is 11.9. The third-order valence-corrected chi connectivity index (χ3v) is 5.43. The lowest BCUT2D eigenvalue weighted by Gasteiger charge is -2.23. The summed E-state index contributed by atoms with van der Waals surface area (Å²) in [6.45, 7) is 0.759. The maximum absolute atomic E-state index is 12.4. The molecule has 0 aromatic heterocycles. The van der Waals surface area contributed by atoms with Gasteiger partial charge in [0.15, 0.2) is 0 Å². The zero-order valence-corrected chi connectivity index (χ0v) is 11.8. The SMILES string of the molecule is Nc1cc(Cl)c(S(=O)(=O)N2CC=CCC2)c(Cl)c1. The minimum absolute atomic E-state index is 0.0505. The molecule has 1 aliphatic heterocycles. The normalized spacial score (nSPS) is 17.0. The van der Waals surface area contributed by atoms with E-state index in [-0.39, 0.29) is 14.9 Å². The first-order valence-corrected chi connectivity index (χ1v) is 7.52. The van der Waals surface area contributed by atoms with E-state index in [9.17, 15) is 8.42 Å². The molecule has 0 unspecified atom stereocenters. The minimum atomic E-state index is -3.68. The molecule has 0 fully saturated rings. The number of hydrogen-bond acceptors (Lipinski definition) is 3. The van der Waals surface area contributed by atoms with Crippen LogP contribution in [0.5, 0.6) is 0 Å². The van der Waals surface area contributed by atoms with Gasteiger partial charge >= 0.3 is 0 Å². The van der Waals surface area contributed by atoms with Crippen LogP contribution in [0.25, 0.3) is 0 Å². The molecule has 0 atom stereocenters. The number of nitrogens with two attached hydrogens (primary N) is 1. The Labute approximate surface area is 116 Å². The van der Waals surface area contributed by atoms with Crippen LogP contribution in [0.1, 0.15) is 6.42 Å². The number of anilines is 1. The topological polar surface area (TPSA) is 63.4 Å². The zero-order valence-electron chi connectivity index (χ0n) is 9.44. The summed E-state index contributed by atoms with van der Waals surface area (Å²) in [7, 11) is -3.68. The van der Waals surface area contributed by atoms with Crippen molar-refractivity contribution in [2.45, 2.75) is 11.3 Å². The molecule has 18 heavy (non-hydrogen) atoms. The lowest BCUT2D eigenvalue weighted by atomic mass is 10.3. The van der Waals surface area contributed by atoms with E-state index in [1.807, 2.05) is 6.08 Å². The van der Waals surface area contributed by atoms with Crippen LogP contribution in [0, 0.1) is 0 Å². The molecule has 1 aliphatic rings. The van der Waals surface area contributed by atoms with E-state index in [1.165, 1.54) is 16.4 Å². The Morgan fingerprint density at radius 2 is 1.78 bits per heavy atom. The number of rotatable bonds is 2. The number of halogens is 2. The number of benzene rings is 1. The van der Waals surface area contributed by atoms with Gasteiger partial charge in [-0.2, -0.15) is 4.31 Å². The highest BCUT2D eigenvalue weighted by atomic mass is 35.5. The molecule has 98 valence electrons. The minimum Gasteiger partial charge on any atom is -0.399 e. The van der Waals surface area contributed by atoms with Crippen molar-refractivity contribution in [1.82, 2.24) is 4.31 Å². The Morgan fingerprint density at radius 3 is 2.28 bits per heavy atom. The molecule has 4 nitrogen and oxygen atoms in total. The highest BCUT2D eigenvalue weighted by Gasteiger charge is 2.29. The Kier molecular flexibility index (Phi) is 3.87. The highest BCUT2D eigenvalue weighted by Crippen LogP contribution is 2.34. The average Bonchev–Trinajstić information content (AvgIpc) is 2.28. The van der Waals surface area contributed by atoms with Gasteiger partial charge in [-0.15, -0.1) is 0 Å². The predicted octanol–water partition coefficient (Wildman–Crippen LogP) is 2.53. The van der Waals surface area contributed by atoms with E-state index in [0.717, 1.165) is 0 Å². The first-order chi connectivity index (χ1) is 8.43. The molecule has 0 spiro atoms. The molecule has 0 saturated heterocycles. The van der Waals surface area contributed by atoms with Crippen LogP contribution in [-0.4, -0.2) is 25.8 Å². The second-order valence-electron chi connectivity index (χ2n) is 3.94. The Bertz CT molecular complexity index is 576. The summed E-state index contributed by atoms with van der Waals surface area (Å²) in [5, 5.41) is 0.101. The van der Waals surface area contributed by atoms with Gasteiger partial charge in [-0.25, -0.2) is 8.42 Å². The van der Waals surface area contributed by atoms with E-state index in [2.05, 4.69) is 0 Å². The van der Waals surface area contributed by atoms with E-state index in [4.69, 9.17) is 28.9 Å². The van der Waals surface area contributed by atoms with Gasteiger partial charge in [0, 0.05) is 18.8 Å². The van der Waals surface area contributed by atoms with Gasteiger partial charge in [0.25, 0.3) is 0 Å². The van der Waals surface area contributed by atoms with Crippen LogP contribution in [0.3, 0.4) is 0 Å². The van der Waals surface area contributed by atoms with Crippen molar-refractivity contribution in [2.24, 2.45) is 0 Å². The fourth-order valence-corrected chi connectivity index (χ4v) is 4.38. The van der Waals surface area contributed by atoms with Crippen LogP contribution in [0.4, 0.5) is 5.69 Å². The molecule has 2 N–H and O–H groups in total. The van der Waals surface area contributed by atoms with Crippen molar-refractivity contribution in [1.29, 1.82) is 0 Å². The molecule has 7 heteroatoms. The first kappa shape index (κ1) is 13.7. The molecule has 0 saturated carbocycles. The molecule has 1 aromatic rings. The fraction of sp³-hybridized carbons (Fsp3) is 0.273. The molecule has 2 rings (SSSR count). The van der Waals surface area contributed by atoms with Crippen LogP contribution in [-0.2, 0) is 10.0 Å². The standard InChI is InChI=1S/C11H12Cl2N2O2S/c12-9-6-8(14)7-10(13)11(9)18(16,17)15-4-2-1-3-5-15/h1-2,6-7H,3-5,14H2. The summed E-state index contributed by atoms with van der Waals surface area (Å²) in [6, 6.07) is 2.78. The summed E-state index contributed by atoms with van der Waals surface area (Å²) in [5.41, 5.74) is 5.90. The van der Waals surface area contributed by atoms with Gasteiger partial charge in [0.2, 0.25) is 10.0 Å². The number of nitrogen functional groups attached to an aromatic ring is 1. The predicted molar refractivity (Wildman–Crippen MR) is 73.4 cm³/mol. The van der Waals surface area contributed by atoms with Crippen molar-refractivity contribution >= 4 is 38.9 Å². The molecule has 0 radical (unpaired) electrons. The first-order valence-electron chi connectivity index (χ1n) is 5.32. The number of sulfonamides is 1. The van der Waals surface area contributed by atoms with Crippen molar-refractivity contribution in [3.05, 3.63) is 34.3 Å². The average molecular weight is 307 g/mol. The summed E-state index contributed by atoms with van der Waals surface area (Å²) in [5.74, 6) is 0. The van der Waals surface area contributed by atoms with Gasteiger partial charge < -0.3 is 5.73 Å². The largest absolute Gasteiger partial charge is 0.399 e. The molecular formula is C11H12Cl2N2O2S. The second-order valence-corrected chi connectivity index (χ2v) is 6.63. The fourth-order valence-electron chi connectivity index (χ4n) is 1.79. The van der Waals surface area contributed by atoms with Crippen molar-refractivity contribution in [2.75, 3.05) is 18.8 Å². The van der Waals surface area contributed by atoms with Gasteiger partial charge in [-0.1, -0.05) is 35.4 Å². The Morgan fingerprint density at radius 1 is 1.17 bits per heavy atom. The van der Waals surface area contributed by atoms with Crippen LogP contribution < -0.4 is 5.73 Å². The van der Waals surface area contributed by atoms with Gasteiger partial charge in [0.05, 0.1) is 10.0 Å². The van der Waals surface area contributed by atoms with Gasteiger partial charge in [-0.3, -0.25) is 0 Å². The van der Waals surface area contributed by atoms with Crippen molar-refractivity contribution in [3.8, 4) is 0 Å². The maximum atomic E-state index is 12.4. The van der Waals surface area contributed by atoms with Crippen LogP contribution >= 0.6 is 23.2 Å². The van der Waals surface area contributed by atoms with Crippen LogP contribution in [0.2, 0.25) is 10.0 Å². The molecule has 1 aromatic carbocycles. The van der Waals surface area contributed by atoms with Gasteiger partial charge in [0.1, 0.15) is 4.90 Å². The van der Waals surface area contributed by atoms with E-state index >= 15 is 0 Å². The van der Waals surface area contributed by atoms with Crippen molar-refractivity contribution < 1.29 is 8.42 Å². The summed E-state index contributed by atoms with van der Waals surface area (Å²) in [6.07, 6.45) is 4.43. The smallest absolute Gasteiger partial charge is 0.246 e. The molecule has 0 aliphatic carbocycles. The Hall–Kier alpha value is -0.750. The second kappa shape index (κ2) is 5.09. The third-order valence-electron chi connectivity index (χ3n) is 2.64. The molecule has 1 heterocycles. The van der Waals surface area contributed by atoms with E-state index < -0.39 is 10.0 Å². The summed E-state index contributed by atoms with van der Waals surface area (Å²) in [4.78, 5) is -0.0738. The lowest BCUT2D eigenvalue weighted by Crippen LogP contribution is -2.34. The monoisotopic (exact) mass is 306 g/mol. The van der Waals surface area contributed by atoms with Crippen LogP contribution in [0.15, 0.2) is 29.2 Å². The van der Waals surface area contributed by atoms with E-state index in [0.29, 0.717) is 25.2 Å². The summed E-state index contributed by atoms with van der Waals surface area (Å²) < 4.78 is 26.2. The molecule has 0 amide bonds. The Balaban J connectivity index is 2.51. The van der Waals surface area contributed by atoms with Gasteiger partial charge in [-0.05, 0) is 18.6 Å². The van der Waals surface area contributed by atoms with E-state index in [1.54, 1.807) is 6.08 Å². The third kappa shape index (κ3) is 2.49. The quantitative estimate of drug-likeness (QED) is 0.674. The lowest BCUT2D eigenvalue weighted by molar-refractivity contribution is 0.437. The maximum Gasteiger partial charge on any atom is 0.246 e. The molecular weight excluding hydrogens is 295 g/mol.